The lowest BCUT2D eigenvalue weighted by Crippen LogP contribution is -2.22. The molecule has 1 atom stereocenters. The van der Waals surface area contributed by atoms with Crippen LogP contribution in [0.3, 0.4) is 0 Å². The number of nitrogens with zero attached hydrogens (tertiary/aromatic N) is 3. The van der Waals surface area contributed by atoms with Crippen LogP contribution in [-0.2, 0) is 13.5 Å². The summed E-state index contributed by atoms with van der Waals surface area (Å²) in [5, 5.41) is 11.5. The molecule has 19 heavy (non-hydrogen) atoms. The zero-order chi connectivity index (χ0) is 14.0. The molecule has 0 bridgehead atoms. The van der Waals surface area contributed by atoms with Gasteiger partial charge in [0.1, 0.15) is 5.82 Å². The van der Waals surface area contributed by atoms with Crippen LogP contribution in [0.1, 0.15) is 17.3 Å². The van der Waals surface area contributed by atoms with Gasteiger partial charge in [0.25, 0.3) is 0 Å². The highest BCUT2D eigenvalue weighted by atomic mass is 79.9. The van der Waals surface area contributed by atoms with E-state index in [2.05, 4.69) is 31.6 Å². The standard InChI is InChI=1S/C12H13BrClFN4/c1-16-10(11-12(13)17-18-19(11)2)5-7-3-4-8(15)6-9(7)14/h3-4,6,10,16H,5H2,1-2H3. The largest absolute Gasteiger partial charge is 0.311 e. The SMILES string of the molecule is CNC(Cc1ccc(F)cc1Cl)c1c(Br)nnn1C. The van der Waals surface area contributed by atoms with Crippen molar-refractivity contribution in [1.29, 1.82) is 0 Å². The summed E-state index contributed by atoms with van der Waals surface area (Å²) in [4.78, 5) is 0. The van der Waals surface area contributed by atoms with E-state index < -0.39 is 0 Å². The number of nitrogens with one attached hydrogen (secondary N) is 1. The second-order valence-corrected chi connectivity index (χ2v) is 5.33. The van der Waals surface area contributed by atoms with Crippen LogP contribution in [0.25, 0.3) is 0 Å². The lowest BCUT2D eigenvalue weighted by molar-refractivity contribution is 0.532. The molecule has 0 spiro atoms. The van der Waals surface area contributed by atoms with Crippen molar-refractivity contribution >= 4 is 27.5 Å². The van der Waals surface area contributed by atoms with Crippen molar-refractivity contribution in [2.45, 2.75) is 12.5 Å². The van der Waals surface area contributed by atoms with E-state index in [0.717, 1.165) is 11.3 Å². The molecule has 0 aliphatic rings. The number of halogens is 3. The third-order valence-electron chi connectivity index (χ3n) is 2.94. The van der Waals surface area contributed by atoms with Crippen molar-refractivity contribution in [3.05, 3.63) is 44.9 Å². The van der Waals surface area contributed by atoms with Gasteiger partial charge in [-0.15, -0.1) is 5.10 Å². The van der Waals surface area contributed by atoms with Gasteiger partial charge in [0.05, 0.1) is 11.7 Å². The fourth-order valence-corrected chi connectivity index (χ4v) is 2.80. The molecule has 1 heterocycles. The fraction of sp³-hybridized carbons (Fsp3) is 0.333. The number of rotatable bonds is 4. The van der Waals surface area contributed by atoms with Crippen molar-refractivity contribution in [2.24, 2.45) is 7.05 Å². The molecule has 102 valence electrons. The maximum Gasteiger partial charge on any atom is 0.153 e. The zero-order valence-electron chi connectivity index (χ0n) is 10.5. The minimum atomic E-state index is -0.335. The first-order valence-electron chi connectivity index (χ1n) is 5.69. The first-order valence-corrected chi connectivity index (χ1v) is 6.86. The van der Waals surface area contributed by atoms with Gasteiger partial charge in [-0.25, -0.2) is 9.07 Å². The Bertz CT molecular complexity index is 568. The summed E-state index contributed by atoms with van der Waals surface area (Å²) in [6, 6.07) is 4.40. The van der Waals surface area contributed by atoms with Crippen molar-refractivity contribution in [2.75, 3.05) is 7.05 Å². The van der Waals surface area contributed by atoms with Gasteiger partial charge in [-0.3, -0.25) is 0 Å². The normalized spacial score (nSPS) is 12.7. The highest BCUT2D eigenvalue weighted by Crippen LogP contribution is 2.27. The lowest BCUT2D eigenvalue weighted by Gasteiger charge is -2.17. The summed E-state index contributed by atoms with van der Waals surface area (Å²) in [6.07, 6.45) is 0.620. The van der Waals surface area contributed by atoms with E-state index in [4.69, 9.17) is 11.6 Å². The van der Waals surface area contributed by atoms with Crippen molar-refractivity contribution in [3.63, 3.8) is 0 Å². The quantitative estimate of drug-likeness (QED) is 0.925. The van der Waals surface area contributed by atoms with E-state index in [9.17, 15) is 4.39 Å². The lowest BCUT2D eigenvalue weighted by atomic mass is 10.0. The molecule has 0 saturated carbocycles. The zero-order valence-corrected chi connectivity index (χ0v) is 12.8. The van der Waals surface area contributed by atoms with Crippen LogP contribution in [0.15, 0.2) is 22.8 Å². The fourth-order valence-electron chi connectivity index (χ4n) is 1.95. The van der Waals surface area contributed by atoms with Crippen molar-refractivity contribution in [1.82, 2.24) is 20.3 Å². The predicted octanol–water partition coefficient (Wildman–Crippen LogP) is 2.87. The molecule has 0 aliphatic heterocycles. The Labute approximate surface area is 124 Å². The Morgan fingerprint density at radius 1 is 1.53 bits per heavy atom. The molecule has 1 aromatic heterocycles. The van der Waals surface area contributed by atoms with Gasteiger partial charge < -0.3 is 5.32 Å². The second kappa shape index (κ2) is 5.98. The average Bonchev–Trinajstić information content (AvgIpc) is 2.69. The van der Waals surface area contributed by atoms with Gasteiger partial charge in [-0.1, -0.05) is 22.9 Å². The number of likely N-dealkylation sites (N-methyl/N-ethyl adjacent to an activating group) is 1. The third kappa shape index (κ3) is 3.13. The molecule has 1 aromatic carbocycles. The summed E-state index contributed by atoms with van der Waals surface area (Å²) in [5.41, 5.74) is 1.79. The van der Waals surface area contributed by atoms with Gasteiger partial charge in [0.15, 0.2) is 4.60 Å². The van der Waals surface area contributed by atoms with Crippen molar-refractivity contribution in [3.8, 4) is 0 Å². The monoisotopic (exact) mass is 346 g/mol. The highest BCUT2D eigenvalue weighted by molar-refractivity contribution is 9.10. The van der Waals surface area contributed by atoms with E-state index in [0.29, 0.717) is 16.0 Å². The Hall–Kier alpha value is -0.980. The number of hydrogen-bond donors (Lipinski definition) is 1. The molecule has 0 aliphatic carbocycles. The van der Waals surface area contributed by atoms with E-state index in [-0.39, 0.29) is 11.9 Å². The maximum absolute atomic E-state index is 13.0. The summed E-state index contributed by atoms with van der Waals surface area (Å²) in [5.74, 6) is -0.335. The Kier molecular flexibility index (Phi) is 4.54. The number of benzene rings is 1. The molecule has 0 amide bonds. The van der Waals surface area contributed by atoms with Gasteiger partial charge in [-0.05, 0) is 47.1 Å². The van der Waals surface area contributed by atoms with E-state index in [1.807, 2.05) is 14.1 Å². The second-order valence-electron chi connectivity index (χ2n) is 4.17. The topological polar surface area (TPSA) is 42.7 Å². The van der Waals surface area contributed by atoms with Crippen LogP contribution < -0.4 is 5.32 Å². The Balaban J connectivity index is 2.29. The molecule has 4 nitrogen and oxygen atoms in total. The van der Waals surface area contributed by atoms with Gasteiger partial charge in [0, 0.05) is 12.1 Å². The average molecular weight is 348 g/mol. The first-order chi connectivity index (χ1) is 9.02. The molecule has 2 aromatic rings. The summed E-state index contributed by atoms with van der Waals surface area (Å²) < 4.78 is 15.4. The molecule has 0 saturated heterocycles. The first kappa shape index (κ1) is 14.4. The highest BCUT2D eigenvalue weighted by Gasteiger charge is 2.20. The van der Waals surface area contributed by atoms with Crippen LogP contribution in [0.2, 0.25) is 5.02 Å². The van der Waals surface area contributed by atoms with Gasteiger partial charge in [-0.2, -0.15) is 0 Å². The smallest absolute Gasteiger partial charge is 0.153 e. The van der Waals surface area contributed by atoms with Crippen LogP contribution in [0, 0.1) is 5.82 Å². The summed E-state index contributed by atoms with van der Waals surface area (Å²) >= 11 is 9.43. The predicted molar refractivity (Wildman–Crippen MR) is 75.6 cm³/mol. The van der Waals surface area contributed by atoms with Crippen LogP contribution in [0.5, 0.6) is 0 Å². The van der Waals surface area contributed by atoms with Gasteiger partial charge in [0.2, 0.25) is 0 Å². The summed E-state index contributed by atoms with van der Waals surface area (Å²) in [6.45, 7) is 0. The third-order valence-corrected chi connectivity index (χ3v) is 3.86. The Morgan fingerprint density at radius 2 is 2.26 bits per heavy atom. The minimum absolute atomic E-state index is 0.0164. The van der Waals surface area contributed by atoms with E-state index in [1.54, 1.807) is 10.7 Å². The molecular formula is C12H13BrClFN4. The number of hydrogen-bond acceptors (Lipinski definition) is 3. The molecule has 2 rings (SSSR count). The van der Waals surface area contributed by atoms with E-state index in [1.165, 1.54) is 12.1 Å². The van der Waals surface area contributed by atoms with Crippen LogP contribution in [-0.4, -0.2) is 22.0 Å². The molecule has 0 radical (unpaired) electrons. The molecule has 1 N–H and O–H groups in total. The number of aromatic nitrogens is 3. The van der Waals surface area contributed by atoms with Crippen LogP contribution >= 0.6 is 27.5 Å². The summed E-state index contributed by atoms with van der Waals surface area (Å²) in [7, 11) is 3.67. The van der Waals surface area contributed by atoms with Gasteiger partial charge >= 0.3 is 0 Å². The van der Waals surface area contributed by atoms with E-state index >= 15 is 0 Å². The van der Waals surface area contributed by atoms with Crippen LogP contribution in [0.4, 0.5) is 4.39 Å². The Morgan fingerprint density at radius 3 is 2.79 bits per heavy atom. The molecular weight excluding hydrogens is 335 g/mol. The molecule has 0 fully saturated rings. The molecule has 7 heteroatoms. The maximum atomic E-state index is 13.0. The minimum Gasteiger partial charge on any atom is -0.311 e. The number of aryl methyl sites for hydroxylation is 1. The van der Waals surface area contributed by atoms with Crippen molar-refractivity contribution < 1.29 is 4.39 Å². The molecule has 1 unspecified atom stereocenters.